The van der Waals surface area contributed by atoms with Crippen LogP contribution < -0.4 is 5.32 Å². The number of amides is 1. The van der Waals surface area contributed by atoms with Crippen LogP contribution in [0.1, 0.15) is 35.3 Å². The van der Waals surface area contributed by atoms with Crippen molar-refractivity contribution in [3.63, 3.8) is 0 Å². The van der Waals surface area contributed by atoms with E-state index in [1.54, 1.807) is 11.8 Å². The molecule has 0 bridgehead atoms. The molecule has 2 nitrogen and oxygen atoms in total. The number of carbonyl (C=O) groups is 1. The number of rotatable bonds is 5. The van der Waals surface area contributed by atoms with Gasteiger partial charge in [0, 0.05) is 10.6 Å². The van der Waals surface area contributed by atoms with Gasteiger partial charge in [0.2, 0.25) is 0 Å². The molecule has 0 fully saturated rings. The fraction of sp³-hybridized carbons (Fsp3) is 0.278. The van der Waals surface area contributed by atoms with Crippen LogP contribution in [0, 0.1) is 0 Å². The molecule has 0 radical (unpaired) electrons. The van der Waals surface area contributed by atoms with E-state index in [9.17, 15) is 4.79 Å². The lowest BCUT2D eigenvalue weighted by atomic mass is 10.0. The molecular formula is C18H21NOS. The molecule has 0 aliphatic carbocycles. The Morgan fingerprint density at radius 2 is 1.62 bits per heavy atom. The first kappa shape index (κ1) is 15.6. The number of carbonyl (C=O) groups excluding carboxylic acids is 1. The van der Waals surface area contributed by atoms with Crippen molar-refractivity contribution in [2.24, 2.45) is 0 Å². The van der Waals surface area contributed by atoms with Crippen LogP contribution in [0.4, 0.5) is 5.69 Å². The van der Waals surface area contributed by atoms with Gasteiger partial charge >= 0.3 is 0 Å². The summed E-state index contributed by atoms with van der Waals surface area (Å²) >= 11 is 1.59. The molecule has 21 heavy (non-hydrogen) atoms. The SMILES string of the molecule is CCc1cccc(CC)c1NC(=O)c1ccccc1SC. The summed E-state index contributed by atoms with van der Waals surface area (Å²) in [6.07, 6.45) is 3.81. The molecular weight excluding hydrogens is 278 g/mol. The Morgan fingerprint density at radius 3 is 2.19 bits per heavy atom. The number of hydrogen-bond donors (Lipinski definition) is 1. The predicted molar refractivity (Wildman–Crippen MR) is 91.4 cm³/mol. The number of para-hydroxylation sites is 1. The summed E-state index contributed by atoms with van der Waals surface area (Å²) in [6.45, 7) is 4.22. The van der Waals surface area contributed by atoms with Crippen molar-refractivity contribution in [2.45, 2.75) is 31.6 Å². The lowest BCUT2D eigenvalue weighted by Gasteiger charge is -2.15. The average molecular weight is 299 g/mol. The highest BCUT2D eigenvalue weighted by atomic mass is 32.2. The molecule has 0 aliphatic rings. The van der Waals surface area contributed by atoms with Crippen molar-refractivity contribution in [3.8, 4) is 0 Å². The van der Waals surface area contributed by atoms with Crippen LogP contribution in [0.5, 0.6) is 0 Å². The van der Waals surface area contributed by atoms with E-state index in [4.69, 9.17) is 0 Å². The molecule has 1 amide bonds. The van der Waals surface area contributed by atoms with Crippen LogP contribution in [0.3, 0.4) is 0 Å². The Labute approximate surface area is 131 Å². The van der Waals surface area contributed by atoms with E-state index < -0.39 is 0 Å². The van der Waals surface area contributed by atoms with E-state index >= 15 is 0 Å². The second-order valence-corrected chi connectivity index (χ2v) is 5.66. The summed E-state index contributed by atoms with van der Waals surface area (Å²) < 4.78 is 0. The number of benzene rings is 2. The monoisotopic (exact) mass is 299 g/mol. The third-order valence-corrected chi connectivity index (χ3v) is 4.38. The van der Waals surface area contributed by atoms with Crippen LogP contribution in [0.2, 0.25) is 0 Å². The van der Waals surface area contributed by atoms with Crippen molar-refractivity contribution < 1.29 is 4.79 Å². The Balaban J connectivity index is 2.36. The van der Waals surface area contributed by atoms with Gasteiger partial charge in [-0.05, 0) is 42.4 Å². The first-order valence-corrected chi connectivity index (χ1v) is 8.48. The molecule has 2 aromatic carbocycles. The second-order valence-electron chi connectivity index (χ2n) is 4.81. The lowest BCUT2D eigenvalue weighted by molar-refractivity contribution is 0.102. The van der Waals surface area contributed by atoms with Gasteiger partial charge in [-0.1, -0.05) is 44.2 Å². The van der Waals surface area contributed by atoms with E-state index in [2.05, 4.69) is 37.4 Å². The standard InChI is InChI=1S/C18H21NOS/c1-4-13-9-8-10-14(5-2)17(13)19-18(20)15-11-6-7-12-16(15)21-3/h6-12H,4-5H2,1-3H3,(H,19,20). The minimum atomic E-state index is -0.0319. The van der Waals surface area contributed by atoms with Crippen LogP contribution in [0.25, 0.3) is 0 Å². The van der Waals surface area contributed by atoms with Crippen molar-refractivity contribution in [1.29, 1.82) is 0 Å². The first-order chi connectivity index (χ1) is 10.2. The van der Waals surface area contributed by atoms with Crippen LogP contribution in [0.15, 0.2) is 47.4 Å². The highest BCUT2D eigenvalue weighted by Gasteiger charge is 2.14. The third kappa shape index (κ3) is 3.48. The highest BCUT2D eigenvalue weighted by Crippen LogP contribution is 2.25. The molecule has 0 saturated heterocycles. The number of aryl methyl sites for hydroxylation is 2. The zero-order chi connectivity index (χ0) is 15.2. The van der Waals surface area contributed by atoms with E-state index in [1.807, 2.05) is 30.5 Å². The molecule has 1 N–H and O–H groups in total. The topological polar surface area (TPSA) is 29.1 Å². The molecule has 0 atom stereocenters. The van der Waals surface area contributed by atoms with Gasteiger partial charge in [0.15, 0.2) is 0 Å². The number of nitrogens with one attached hydrogen (secondary N) is 1. The van der Waals surface area contributed by atoms with Gasteiger partial charge in [-0.15, -0.1) is 11.8 Å². The molecule has 0 aliphatic heterocycles. The normalized spacial score (nSPS) is 10.4. The Kier molecular flexibility index (Phi) is 5.45. The molecule has 0 unspecified atom stereocenters. The van der Waals surface area contributed by atoms with Crippen LogP contribution >= 0.6 is 11.8 Å². The number of thioether (sulfide) groups is 1. The van der Waals surface area contributed by atoms with E-state index in [-0.39, 0.29) is 5.91 Å². The molecule has 3 heteroatoms. The first-order valence-electron chi connectivity index (χ1n) is 7.26. The van der Waals surface area contributed by atoms with Gasteiger partial charge in [-0.25, -0.2) is 0 Å². The zero-order valence-electron chi connectivity index (χ0n) is 12.8. The summed E-state index contributed by atoms with van der Waals surface area (Å²) in [5, 5.41) is 3.12. The van der Waals surface area contributed by atoms with E-state index in [0.717, 1.165) is 29.0 Å². The van der Waals surface area contributed by atoms with Gasteiger partial charge in [-0.2, -0.15) is 0 Å². The number of anilines is 1. The van der Waals surface area contributed by atoms with Gasteiger partial charge in [0.25, 0.3) is 5.91 Å². The quantitative estimate of drug-likeness (QED) is 0.805. The molecule has 0 spiro atoms. The maximum Gasteiger partial charge on any atom is 0.256 e. The average Bonchev–Trinajstić information content (AvgIpc) is 2.54. The Bertz CT molecular complexity index is 615. The smallest absolute Gasteiger partial charge is 0.256 e. The largest absolute Gasteiger partial charge is 0.321 e. The molecule has 2 rings (SSSR count). The maximum absolute atomic E-state index is 12.6. The van der Waals surface area contributed by atoms with Crippen LogP contribution in [-0.4, -0.2) is 12.2 Å². The van der Waals surface area contributed by atoms with Crippen molar-refractivity contribution >= 4 is 23.4 Å². The summed E-state index contributed by atoms with van der Waals surface area (Å²) in [7, 11) is 0. The zero-order valence-corrected chi connectivity index (χ0v) is 13.6. The molecule has 2 aromatic rings. The minimum absolute atomic E-state index is 0.0319. The van der Waals surface area contributed by atoms with Gasteiger partial charge < -0.3 is 5.32 Å². The lowest BCUT2D eigenvalue weighted by Crippen LogP contribution is -2.15. The van der Waals surface area contributed by atoms with Crippen molar-refractivity contribution in [3.05, 3.63) is 59.2 Å². The summed E-state index contributed by atoms with van der Waals surface area (Å²) in [5.41, 5.74) is 4.08. The molecule has 0 heterocycles. The van der Waals surface area contributed by atoms with E-state index in [0.29, 0.717) is 0 Å². The second kappa shape index (κ2) is 7.32. The molecule has 0 aromatic heterocycles. The summed E-state index contributed by atoms with van der Waals surface area (Å²) in [4.78, 5) is 13.6. The van der Waals surface area contributed by atoms with Crippen molar-refractivity contribution in [2.75, 3.05) is 11.6 Å². The summed E-state index contributed by atoms with van der Waals surface area (Å²) in [6, 6.07) is 13.9. The third-order valence-electron chi connectivity index (χ3n) is 3.59. The molecule has 110 valence electrons. The highest BCUT2D eigenvalue weighted by molar-refractivity contribution is 7.98. The maximum atomic E-state index is 12.6. The fourth-order valence-electron chi connectivity index (χ4n) is 2.42. The minimum Gasteiger partial charge on any atom is -0.321 e. The van der Waals surface area contributed by atoms with Gasteiger partial charge in [-0.3, -0.25) is 4.79 Å². The van der Waals surface area contributed by atoms with Gasteiger partial charge in [0.1, 0.15) is 0 Å². The van der Waals surface area contributed by atoms with E-state index in [1.165, 1.54) is 11.1 Å². The van der Waals surface area contributed by atoms with Crippen LogP contribution in [-0.2, 0) is 12.8 Å². The Hall–Kier alpha value is -1.74. The molecule has 0 saturated carbocycles. The van der Waals surface area contributed by atoms with Gasteiger partial charge in [0.05, 0.1) is 5.56 Å². The van der Waals surface area contributed by atoms with Crippen molar-refractivity contribution in [1.82, 2.24) is 0 Å². The Morgan fingerprint density at radius 1 is 1.00 bits per heavy atom. The number of hydrogen-bond acceptors (Lipinski definition) is 2. The fourth-order valence-corrected chi connectivity index (χ4v) is 3.01. The summed E-state index contributed by atoms with van der Waals surface area (Å²) in [5.74, 6) is -0.0319. The predicted octanol–water partition coefficient (Wildman–Crippen LogP) is 4.79.